The van der Waals surface area contributed by atoms with Crippen molar-refractivity contribution in [3.63, 3.8) is 0 Å². The number of allylic oxidation sites excluding steroid dienone is 1. The van der Waals surface area contributed by atoms with Gasteiger partial charge in [-0.2, -0.15) is 26.3 Å². The molecule has 1 aliphatic carbocycles. The molecule has 1 fully saturated rings. The molecule has 0 spiro atoms. The molecular formula is C38H39F6NO5. The number of methoxy groups -OCH3 is 2. The van der Waals surface area contributed by atoms with Gasteiger partial charge in [-0.25, -0.2) is 9.59 Å². The first-order valence-corrected chi connectivity index (χ1v) is 16.1. The molecule has 0 aromatic heterocycles. The summed E-state index contributed by atoms with van der Waals surface area (Å²) in [4.78, 5) is 26.9. The van der Waals surface area contributed by atoms with Gasteiger partial charge in [0.05, 0.1) is 37.0 Å². The predicted octanol–water partition coefficient (Wildman–Crippen LogP) is 10.3. The largest absolute Gasteiger partial charge is 0.496 e. The highest BCUT2D eigenvalue weighted by Crippen LogP contribution is 2.49. The quantitative estimate of drug-likeness (QED) is 0.181. The summed E-state index contributed by atoms with van der Waals surface area (Å²) in [5, 5.41) is 0. The van der Waals surface area contributed by atoms with E-state index in [1.165, 1.54) is 43.4 Å². The molecule has 0 saturated carbocycles. The molecule has 2 aliphatic rings. The molecule has 3 aromatic rings. The van der Waals surface area contributed by atoms with E-state index in [1.807, 2.05) is 0 Å². The van der Waals surface area contributed by atoms with Gasteiger partial charge in [0.1, 0.15) is 11.9 Å². The van der Waals surface area contributed by atoms with Gasteiger partial charge in [-0.05, 0) is 115 Å². The van der Waals surface area contributed by atoms with E-state index in [4.69, 9.17) is 14.2 Å². The highest BCUT2D eigenvalue weighted by molar-refractivity contribution is 5.91. The smallest absolute Gasteiger partial charge is 0.417 e. The van der Waals surface area contributed by atoms with Crippen molar-refractivity contribution in [3.05, 3.63) is 93.0 Å². The Balaban J connectivity index is 1.62. The fourth-order valence-corrected chi connectivity index (χ4v) is 7.05. The molecule has 5 rings (SSSR count). The number of hydrogen-bond donors (Lipinski definition) is 0. The lowest BCUT2D eigenvalue weighted by Crippen LogP contribution is -2.35. The third-order valence-corrected chi connectivity index (χ3v) is 9.59. The second-order valence-corrected chi connectivity index (χ2v) is 13.8. The molecule has 0 radical (unpaired) electrons. The fourth-order valence-electron chi connectivity index (χ4n) is 7.05. The number of alkyl halides is 6. The molecule has 1 heterocycles. The summed E-state index contributed by atoms with van der Waals surface area (Å²) in [5.74, 6) is -0.614. The summed E-state index contributed by atoms with van der Waals surface area (Å²) in [7, 11) is 2.51. The Labute approximate surface area is 287 Å². The zero-order chi connectivity index (χ0) is 36.9. The van der Waals surface area contributed by atoms with Crippen LogP contribution in [0.3, 0.4) is 0 Å². The van der Waals surface area contributed by atoms with Gasteiger partial charge in [-0.15, -0.1) is 0 Å². The number of carbonyl (C=O) groups is 2. The summed E-state index contributed by atoms with van der Waals surface area (Å²) in [5.41, 5.74) is 1.35. The van der Waals surface area contributed by atoms with Crippen molar-refractivity contribution >= 4 is 17.6 Å². The molecule has 3 aromatic carbocycles. The first-order valence-electron chi connectivity index (χ1n) is 16.1. The average Bonchev–Trinajstić information content (AvgIpc) is 3.31. The van der Waals surface area contributed by atoms with E-state index >= 15 is 0 Å². The van der Waals surface area contributed by atoms with Crippen LogP contribution < -0.4 is 4.74 Å². The molecule has 6 nitrogen and oxygen atoms in total. The number of rotatable bonds is 7. The Bertz CT molecular complexity index is 1860. The van der Waals surface area contributed by atoms with E-state index < -0.39 is 47.7 Å². The zero-order valence-corrected chi connectivity index (χ0v) is 28.9. The van der Waals surface area contributed by atoms with Crippen LogP contribution in [0, 0.1) is 19.3 Å². The molecule has 50 heavy (non-hydrogen) atoms. The van der Waals surface area contributed by atoms with Crippen LogP contribution in [0.5, 0.6) is 5.75 Å². The Kier molecular flexibility index (Phi) is 9.81. The monoisotopic (exact) mass is 703 g/mol. The molecule has 268 valence electrons. The average molecular weight is 704 g/mol. The number of amides is 1. The number of halogens is 6. The minimum Gasteiger partial charge on any atom is -0.496 e. The topological polar surface area (TPSA) is 65.1 Å². The second-order valence-electron chi connectivity index (χ2n) is 13.8. The van der Waals surface area contributed by atoms with Gasteiger partial charge in [-0.3, -0.25) is 4.90 Å². The maximum absolute atomic E-state index is 14.6. The number of carbonyl (C=O) groups excluding carboxylic acids is 2. The molecule has 1 amide bonds. The molecule has 12 heteroatoms. The van der Waals surface area contributed by atoms with E-state index in [1.54, 1.807) is 26.8 Å². The number of cyclic esters (lactones) is 1. The van der Waals surface area contributed by atoms with Crippen molar-refractivity contribution in [2.24, 2.45) is 5.41 Å². The Morgan fingerprint density at radius 1 is 0.940 bits per heavy atom. The van der Waals surface area contributed by atoms with Crippen molar-refractivity contribution < 1.29 is 50.1 Å². The van der Waals surface area contributed by atoms with Gasteiger partial charge in [0.15, 0.2) is 0 Å². The molecule has 0 unspecified atom stereocenters. The van der Waals surface area contributed by atoms with E-state index in [0.29, 0.717) is 36.0 Å². The van der Waals surface area contributed by atoms with E-state index in [-0.39, 0.29) is 40.0 Å². The predicted molar refractivity (Wildman–Crippen MR) is 176 cm³/mol. The standard InChI is InChI=1S/C38H39F6NO5/c1-20-12-24(15-26(13-20)37(39,40)41)33-22(3)45(35(47)50-33)19-25-18-36(4,5)11-10-28(25)30-16-29(31(38(42,43)44)17-32(30)48-6)27-9-8-23(14-21(27)2)34(46)49-7/h8-9,12-17,22,33H,10-11,18-19H2,1-7H3/t22-,33-/m0/s1. The van der Waals surface area contributed by atoms with Gasteiger partial charge in [-0.1, -0.05) is 31.5 Å². The first kappa shape index (κ1) is 36.8. The third-order valence-electron chi connectivity index (χ3n) is 9.59. The van der Waals surface area contributed by atoms with Crippen LogP contribution in [0.4, 0.5) is 31.1 Å². The maximum atomic E-state index is 14.6. The Hall–Kier alpha value is -4.48. The second kappa shape index (κ2) is 13.3. The molecule has 0 N–H and O–H groups in total. The molecule has 1 aliphatic heterocycles. The summed E-state index contributed by atoms with van der Waals surface area (Å²) in [6.45, 7) is 9.04. The van der Waals surface area contributed by atoms with Gasteiger partial charge in [0.2, 0.25) is 0 Å². The Morgan fingerprint density at radius 2 is 1.64 bits per heavy atom. The molecular weight excluding hydrogens is 664 g/mol. The molecule has 2 atom stereocenters. The lowest BCUT2D eigenvalue weighted by molar-refractivity contribution is -0.138. The number of aryl methyl sites for hydroxylation is 2. The molecule has 0 bridgehead atoms. The van der Waals surface area contributed by atoms with Gasteiger partial charge < -0.3 is 14.2 Å². The SMILES string of the molecule is COC(=O)c1ccc(-c2cc(C3=C(CN4C(=O)O[C@H](c5cc(C)cc(C(F)(F)F)c5)[C@@H]4C)CC(C)(C)CC3)c(OC)cc2C(F)(F)F)c(C)c1. The van der Waals surface area contributed by atoms with Crippen LogP contribution in [0.25, 0.3) is 16.7 Å². The molecule has 1 saturated heterocycles. The van der Waals surface area contributed by atoms with Crippen LogP contribution in [0.1, 0.15) is 89.9 Å². The third kappa shape index (κ3) is 7.34. The van der Waals surface area contributed by atoms with Crippen molar-refractivity contribution in [2.45, 2.75) is 78.4 Å². The van der Waals surface area contributed by atoms with E-state index in [9.17, 15) is 35.9 Å². The highest BCUT2D eigenvalue weighted by Gasteiger charge is 2.43. The normalized spacial score (nSPS) is 19.5. The first-order chi connectivity index (χ1) is 23.2. The van der Waals surface area contributed by atoms with Crippen molar-refractivity contribution in [3.8, 4) is 16.9 Å². The fraction of sp³-hybridized carbons (Fsp3) is 0.421. The summed E-state index contributed by atoms with van der Waals surface area (Å²) >= 11 is 0. The highest BCUT2D eigenvalue weighted by atomic mass is 19.4. The van der Waals surface area contributed by atoms with Gasteiger partial charge in [0, 0.05) is 12.1 Å². The van der Waals surface area contributed by atoms with Crippen LogP contribution in [0.2, 0.25) is 0 Å². The maximum Gasteiger partial charge on any atom is 0.417 e. The number of nitrogens with zero attached hydrogens (tertiary/aromatic N) is 1. The number of benzene rings is 3. The van der Waals surface area contributed by atoms with E-state index in [2.05, 4.69) is 13.8 Å². The van der Waals surface area contributed by atoms with E-state index in [0.717, 1.165) is 29.3 Å². The van der Waals surface area contributed by atoms with Gasteiger partial charge >= 0.3 is 24.4 Å². The van der Waals surface area contributed by atoms with Crippen LogP contribution in [-0.4, -0.2) is 43.8 Å². The lowest BCUT2D eigenvalue weighted by Gasteiger charge is -2.36. The van der Waals surface area contributed by atoms with Crippen molar-refractivity contribution in [2.75, 3.05) is 20.8 Å². The summed E-state index contributed by atoms with van der Waals surface area (Å²) < 4.78 is 101. The van der Waals surface area contributed by atoms with Crippen molar-refractivity contribution in [1.29, 1.82) is 0 Å². The van der Waals surface area contributed by atoms with Crippen LogP contribution >= 0.6 is 0 Å². The zero-order valence-electron chi connectivity index (χ0n) is 28.9. The van der Waals surface area contributed by atoms with Gasteiger partial charge in [0.25, 0.3) is 0 Å². The minimum absolute atomic E-state index is 0.00600. The van der Waals surface area contributed by atoms with Crippen LogP contribution in [-0.2, 0) is 21.8 Å². The summed E-state index contributed by atoms with van der Waals surface area (Å²) in [6, 6.07) is 9.71. The summed E-state index contributed by atoms with van der Waals surface area (Å²) in [6.07, 6.45) is -9.32. The van der Waals surface area contributed by atoms with Crippen LogP contribution in [0.15, 0.2) is 54.1 Å². The van der Waals surface area contributed by atoms with Crippen molar-refractivity contribution in [1.82, 2.24) is 4.90 Å². The number of hydrogen-bond acceptors (Lipinski definition) is 5. The lowest BCUT2D eigenvalue weighted by atomic mass is 9.72. The number of esters is 1. The Morgan fingerprint density at radius 3 is 2.24 bits per heavy atom. The minimum atomic E-state index is -4.74. The number of ether oxygens (including phenoxy) is 3.